The van der Waals surface area contributed by atoms with Gasteiger partial charge in [0, 0.05) is 17.4 Å². The van der Waals surface area contributed by atoms with E-state index in [0.29, 0.717) is 5.82 Å². The lowest BCUT2D eigenvalue weighted by molar-refractivity contribution is 1.26. The Labute approximate surface area is 99.0 Å². The third kappa shape index (κ3) is 2.72. The summed E-state index contributed by atoms with van der Waals surface area (Å²) in [6.45, 7) is 0. The predicted molar refractivity (Wildman–Crippen MR) is 69.6 cm³/mol. The van der Waals surface area contributed by atoms with Crippen LogP contribution in [0.25, 0.3) is 11.1 Å². The Morgan fingerprint density at radius 1 is 0.941 bits per heavy atom. The number of nitrogen functional groups attached to an aromatic ring is 1. The monoisotopic (exact) mass is 227 g/mol. The highest BCUT2D eigenvalue weighted by Crippen LogP contribution is 2.21. The number of benzene rings is 1. The van der Waals surface area contributed by atoms with Crippen LogP contribution in [0.4, 0.5) is 11.5 Å². The molecule has 5 heteroatoms. The zero-order valence-electron chi connectivity index (χ0n) is 9.17. The lowest BCUT2D eigenvalue weighted by atomic mass is 10.1. The summed E-state index contributed by atoms with van der Waals surface area (Å²) in [5.41, 5.74) is 18.9. The van der Waals surface area contributed by atoms with E-state index in [1.807, 2.05) is 30.3 Å². The van der Waals surface area contributed by atoms with Gasteiger partial charge in [0.1, 0.15) is 0 Å². The molecule has 1 heterocycles. The van der Waals surface area contributed by atoms with Crippen molar-refractivity contribution < 1.29 is 0 Å². The molecule has 1 aromatic carbocycles. The van der Waals surface area contributed by atoms with Crippen molar-refractivity contribution in [1.29, 1.82) is 0 Å². The molecule has 0 fully saturated rings. The molecule has 0 atom stereocenters. The van der Waals surface area contributed by atoms with Crippen molar-refractivity contribution in [1.82, 2.24) is 4.98 Å². The van der Waals surface area contributed by atoms with Crippen LogP contribution in [0.5, 0.6) is 0 Å². The van der Waals surface area contributed by atoms with E-state index in [2.05, 4.69) is 9.98 Å². The second kappa shape index (κ2) is 4.52. The van der Waals surface area contributed by atoms with Crippen LogP contribution in [-0.4, -0.2) is 10.9 Å². The molecule has 86 valence electrons. The average Bonchev–Trinajstić information content (AvgIpc) is 2.30. The predicted octanol–water partition coefficient (Wildman–Crippen LogP) is 1.24. The van der Waals surface area contributed by atoms with Crippen molar-refractivity contribution in [3.8, 4) is 11.1 Å². The van der Waals surface area contributed by atoms with Gasteiger partial charge in [-0.05, 0) is 29.8 Å². The highest BCUT2D eigenvalue weighted by atomic mass is 15.0. The Bertz CT molecular complexity index is 524. The second-order valence-corrected chi connectivity index (χ2v) is 3.56. The lowest BCUT2D eigenvalue weighted by Crippen LogP contribution is -2.22. The van der Waals surface area contributed by atoms with Crippen LogP contribution < -0.4 is 17.2 Å². The first-order chi connectivity index (χ1) is 8.15. The number of pyridine rings is 1. The summed E-state index contributed by atoms with van der Waals surface area (Å²) in [5.74, 6) is 0.488. The molecule has 0 aliphatic rings. The van der Waals surface area contributed by atoms with Gasteiger partial charge >= 0.3 is 0 Å². The zero-order chi connectivity index (χ0) is 12.3. The molecule has 0 spiro atoms. The Morgan fingerprint density at radius 3 is 2.12 bits per heavy atom. The van der Waals surface area contributed by atoms with Gasteiger partial charge in [0.25, 0.3) is 0 Å². The maximum Gasteiger partial charge on any atom is 0.192 e. The fourth-order valence-electron chi connectivity index (χ4n) is 1.43. The van der Waals surface area contributed by atoms with Crippen molar-refractivity contribution >= 4 is 17.5 Å². The molecule has 0 unspecified atom stereocenters. The van der Waals surface area contributed by atoms with Crippen molar-refractivity contribution in [2.24, 2.45) is 16.5 Å². The Morgan fingerprint density at radius 2 is 1.59 bits per heavy atom. The molecule has 17 heavy (non-hydrogen) atoms. The smallest absolute Gasteiger partial charge is 0.192 e. The number of guanidine groups is 1. The maximum atomic E-state index is 5.62. The topological polar surface area (TPSA) is 103 Å². The first kappa shape index (κ1) is 10.9. The van der Waals surface area contributed by atoms with Crippen LogP contribution >= 0.6 is 0 Å². The minimum Gasteiger partial charge on any atom is -0.399 e. The normalized spacial score (nSPS) is 9.88. The van der Waals surface area contributed by atoms with E-state index < -0.39 is 0 Å². The molecule has 5 nitrogen and oxygen atoms in total. The number of hydrogen-bond donors (Lipinski definition) is 3. The van der Waals surface area contributed by atoms with Gasteiger partial charge in [-0.25, -0.2) is 4.98 Å². The molecule has 0 saturated carbocycles. The number of nitrogens with zero attached hydrogens (tertiary/aromatic N) is 2. The molecule has 0 bridgehead atoms. The van der Waals surface area contributed by atoms with Crippen LogP contribution in [0.15, 0.2) is 47.6 Å². The zero-order valence-corrected chi connectivity index (χ0v) is 9.17. The average molecular weight is 227 g/mol. The number of aliphatic imine (C=N–C) groups is 1. The van der Waals surface area contributed by atoms with Crippen LogP contribution in [0.2, 0.25) is 0 Å². The largest absolute Gasteiger partial charge is 0.399 e. The first-order valence-electron chi connectivity index (χ1n) is 5.07. The molecule has 0 amide bonds. The van der Waals surface area contributed by atoms with Gasteiger partial charge < -0.3 is 17.2 Å². The summed E-state index contributed by atoms with van der Waals surface area (Å²) in [7, 11) is 0. The van der Waals surface area contributed by atoms with E-state index >= 15 is 0 Å². The van der Waals surface area contributed by atoms with Crippen LogP contribution in [-0.2, 0) is 0 Å². The summed E-state index contributed by atoms with van der Waals surface area (Å²) in [6.07, 6.45) is 1.72. The van der Waals surface area contributed by atoms with E-state index in [4.69, 9.17) is 17.2 Å². The minimum atomic E-state index is -0.00210. The standard InChI is InChI=1S/C12H13N5/c13-10-4-1-8(2-5-10)9-3-6-11(16-7-9)17-12(14)15/h1-7H,13H2,(H4,14,15,16,17). The Kier molecular flexibility index (Phi) is 2.91. The summed E-state index contributed by atoms with van der Waals surface area (Å²) in [6, 6.07) is 11.2. The molecular weight excluding hydrogens is 214 g/mol. The van der Waals surface area contributed by atoms with E-state index in [9.17, 15) is 0 Å². The fraction of sp³-hybridized carbons (Fsp3) is 0. The molecule has 0 radical (unpaired) electrons. The molecular formula is C12H13N5. The molecule has 6 N–H and O–H groups in total. The quantitative estimate of drug-likeness (QED) is 0.408. The van der Waals surface area contributed by atoms with Crippen molar-refractivity contribution in [2.75, 3.05) is 5.73 Å². The highest BCUT2D eigenvalue weighted by molar-refractivity contribution is 5.78. The Balaban J connectivity index is 2.29. The molecule has 2 aromatic rings. The Hall–Kier alpha value is -2.56. The third-order valence-corrected chi connectivity index (χ3v) is 2.24. The number of aromatic nitrogens is 1. The van der Waals surface area contributed by atoms with Gasteiger partial charge in [-0.1, -0.05) is 12.1 Å². The van der Waals surface area contributed by atoms with Crippen molar-refractivity contribution in [3.63, 3.8) is 0 Å². The summed E-state index contributed by atoms with van der Waals surface area (Å²) < 4.78 is 0. The van der Waals surface area contributed by atoms with E-state index in [1.165, 1.54) is 0 Å². The van der Waals surface area contributed by atoms with Gasteiger partial charge in [0.05, 0.1) is 0 Å². The number of anilines is 1. The van der Waals surface area contributed by atoms with Crippen molar-refractivity contribution in [2.45, 2.75) is 0 Å². The number of hydrogen-bond acceptors (Lipinski definition) is 3. The highest BCUT2D eigenvalue weighted by Gasteiger charge is 1.98. The first-order valence-corrected chi connectivity index (χ1v) is 5.07. The molecule has 0 saturated heterocycles. The fourth-order valence-corrected chi connectivity index (χ4v) is 1.43. The number of rotatable bonds is 2. The van der Waals surface area contributed by atoms with E-state index in [0.717, 1.165) is 16.8 Å². The SMILES string of the molecule is NC(N)=Nc1ccc(-c2ccc(N)cc2)cn1. The lowest BCUT2D eigenvalue weighted by Gasteiger charge is -2.02. The van der Waals surface area contributed by atoms with Crippen LogP contribution in [0.3, 0.4) is 0 Å². The summed E-state index contributed by atoms with van der Waals surface area (Å²) in [4.78, 5) is 7.99. The molecule has 1 aromatic heterocycles. The van der Waals surface area contributed by atoms with Gasteiger partial charge in [0.2, 0.25) is 0 Å². The van der Waals surface area contributed by atoms with Crippen molar-refractivity contribution in [3.05, 3.63) is 42.6 Å². The number of nitrogens with two attached hydrogens (primary N) is 3. The van der Waals surface area contributed by atoms with Gasteiger partial charge in [-0.2, -0.15) is 4.99 Å². The van der Waals surface area contributed by atoms with Crippen LogP contribution in [0, 0.1) is 0 Å². The second-order valence-electron chi connectivity index (χ2n) is 3.56. The summed E-state index contributed by atoms with van der Waals surface area (Å²) in [5, 5.41) is 0. The minimum absolute atomic E-state index is 0.00210. The summed E-state index contributed by atoms with van der Waals surface area (Å²) >= 11 is 0. The van der Waals surface area contributed by atoms with Gasteiger partial charge in [-0.15, -0.1) is 0 Å². The van der Waals surface area contributed by atoms with Gasteiger partial charge in [-0.3, -0.25) is 0 Å². The third-order valence-electron chi connectivity index (χ3n) is 2.24. The molecule has 0 aliphatic carbocycles. The van der Waals surface area contributed by atoms with E-state index in [-0.39, 0.29) is 5.96 Å². The molecule has 2 rings (SSSR count). The van der Waals surface area contributed by atoms with Gasteiger partial charge in [0.15, 0.2) is 11.8 Å². The van der Waals surface area contributed by atoms with Crippen LogP contribution in [0.1, 0.15) is 0 Å². The maximum absolute atomic E-state index is 5.62. The molecule has 0 aliphatic heterocycles. The van der Waals surface area contributed by atoms with E-state index in [1.54, 1.807) is 12.3 Å².